The molecule has 27 nitrogen and oxygen atoms in total. The van der Waals surface area contributed by atoms with Gasteiger partial charge in [0.25, 0.3) is 0 Å². The molecule has 0 aromatic carbocycles. The van der Waals surface area contributed by atoms with E-state index in [1.54, 1.807) is 20.0 Å². The molecule has 1 aromatic rings. The number of carboxylic acids is 7. The van der Waals surface area contributed by atoms with Crippen LogP contribution in [0.5, 0.6) is 0 Å². The van der Waals surface area contributed by atoms with Crippen LogP contribution >= 0.6 is 0 Å². The molecular weight excluding hydrogens is 846 g/mol. The van der Waals surface area contributed by atoms with Gasteiger partial charge in [0.05, 0.1) is 12.4 Å². The lowest BCUT2D eigenvalue weighted by Crippen LogP contribution is -2.40. The number of esters is 2. The number of nitrogens with zero attached hydrogens (tertiary/aromatic N) is 1. The number of nitrogens with one attached hydrogen (secondary N) is 2. The minimum Gasteiger partial charge on any atom is -0.481 e. The SMILES string of the molecule is CC(C)C[C@H](N)C(=O)O.CC(C)[C@H](N)C(=O)O.C[C@@H](O)[C@H](N)C(=O)O.N[C@@H](CCC(=O)O)C(=O)O.N[C@@H](CCC(=O)O)C(=O)O.N[C@@H](Cc1cnc[nH]1)C(=O)OC(=O)[C@@H]1CCCN1. The van der Waals surface area contributed by atoms with E-state index in [4.69, 9.17) is 80.0 Å². The number of hydrogen-bond acceptors (Lipinski definition) is 19. The molecule has 1 aromatic heterocycles. The normalized spacial score (nSPS) is 15.8. The zero-order valence-corrected chi connectivity index (χ0v) is 35.9. The molecule has 0 spiro atoms. The fraction of sp³-hybridized carbons (Fsp3) is 0.667. The molecule has 2 heterocycles. The maximum Gasteiger partial charge on any atom is 0.330 e. The van der Waals surface area contributed by atoms with Crippen LogP contribution in [0.15, 0.2) is 12.5 Å². The Labute approximate surface area is 362 Å². The van der Waals surface area contributed by atoms with E-state index in [1.807, 2.05) is 13.8 Å². The molecule has 0 amide bonds. The van der Waals surface area contributed by atoms with Gasteiger partial charge in [0.2, 0.25) is 0 Å². The monoisotopic (exact) mass is 913 g/mol. The lowest BCUT2D eigenvalue weighted by Gasteiger charge is -2.12. The van der Waals surface area contributed by atoms with Gasteiger partial charge < -0.3 is 90.3 Å². The summed E-state index contributed by atoms with van der Waals surface area (Å²) in [6.45, 7) is 9.55. The Kier molecular flexibility index (Phi) is 36.4. The smallest absolute Gasteiger partial charge is 0.330 e. The van der Waals surface area contributed by atoms with Gasteiger partial charge in [0.1, 0.15) is 42.3 Å². The minimum absolute atomic E-state index is 0.0208. The van der Waals surface area contributed by atoms with Gasteiger partial charge in [0.15, 0.2) is 0 Å². The van der Waals surface area contributed by atoms with Crippen LogP contribution in [0.1, 0.15) is 85.3 Å². The van der Waals surface area contributed by atoms with Crippen molar-refractivity contribution in [2.24, 2.45) is 46.2 Å². The lowest BCUT2D eigenvalue weighted by molar-refractivity contribution is -0.162. The van der Waals surface area contributed by atoms with Crippen LogP contribution in [0.2, 0.25) is 0 Å². The first kappa shape index (κ1) is 64.0. The maximum atomic E-state index is 11.6. The van der Waals surface area contributed by atoms with Gasteiger partial charge in [-0.2, -0.15) is 0 Å². The molecule has 8 atom stereocenters. The second-order valence-electron chi connectivity index (χ2n) is 14.3. The number of nitrogens with two attached hydrogens (primary N) is 6. The van der Waals surface area contributed by atoms with Gasteiger partial charge in [-0.1, -0.05) is 27.7 Å². The first-order valence-corrected chi connectivity index (χ1v) is 19.1. The van der Waals surface area contributed by atoms with Crippen LogP contribution in [-0.2, 0) is 54.3 Å². The number of carbonyl (C=O) groups is 9. The minimum atomic E-state index is -1.18. The molecule has 0 radical (unpaired) electrons. The fourth-order valence-electron chi connectivity index (χ4n) is 3.75. The van der Waals surface area contributed by atoms with Gasteiger partial charge in [-0.3, -0.25) is 33.6 Å². The van der Waals surface area contributed by atoms with Crippen molar-refractivity contribution in [1.82, 2.24) is 15.3 Å². The summed E-state index contributed by atoms with van der Waals surface area (Å²) in [5, 5.41) is 68.6. The number of carboxylic acid groups (broad SMARTS) is 7. The largest absolute Gasteiger partial charge is 0.481 e. The molecule has 0 bridgehead atoms. The van der Waals surface area contributed by atoms with E-state index in [9.17, 15) is 43.2 Å². The summed E-state index contributed by atoms with van der Waals surface area (Å²) in [5.41, 5.74) is 31.7. The number of aromatic amines is 1. The molecule has 1 fully saturated rings. The van der Waals surface area contributed by atoms with E-state index in [0.29, 0.717) is 18.8 Å². The first-order chi connectivity index (χ1) is 28.9. The van der Waals surface area contributed by atoms with Crippen molar-refractivity contribution < 1.29 is 88.7 Å². The molecule has 0 saturated carbocycles. The number of aromatic nitrogens is 2. The zero-order chi connectivity index (χ0) is 50.2. The van der Waals surface area contributed by atoms with Crippen LogP contribution < -0.4 is 39.7 Å². The highest BCUT2D eigenvalue weighted by Gasteiger charge is 2.28. The van der Waals surface area contributed by atoms with Gasteiger partial charge >= 0.3 is 53.7 Å². The van der Waals surface area contributed by atoms with E-state index in [1.165, 1.54) is 13.3 Å². The Bertz CT molecular complexity index is 1470. The number of aliphatic carboxylic acids is 7. The van der Waals surface area contributed by atoms with E-state index in [-0.39, 0.29) is 44.1 Å². The van der Waals surface area contributed by atoms with E-state index < -0.39 is 96.1 Å². The summed E-state index contributed by atoms with van der Waals surface area (Å²) >= 11 is 0. The highest BCUT2D eigenvalue weighted by molar-refractivity contribution is 5.91. The Hall–Kier alpha value is -5.68. The molecular formula is C36H67N9O18. The maximum absolute atomic E-state index is 11.6. The number of hydrogen-bond donors (Lipinski definition) is 16. The fourth-order valence-corrected chi connectivity index (χ4v) is 3.75. The van der Waals surface area contributed by atoms with Gasteiger partial charge in [0, 0.05) is 31.2 Å². The molecule has 0 aliphatic carbocycles. The number of rotatable bonds is 19. The predicted molar refractivity (Wildman–Crippen MR) is 220 cm³/mol. The van der Waals surface area contributed by atoms with Crippen molar-refractivity contribution in [3.05, 3.63) is 18.2 Å². The average Bonchev–Trinajstić information content (AvgIpc) is 3.91. The Morgan fingerprint density at radius 2 is 1.13 bits per heavy atom. The summed E-state index contributed by atoms with van der Waals surface area (Å²) in [6, 6.07) is -5.92. The quantitative estimate of drug-likeness (QED) is 0.0483. The molecule has 63 heavy (non-hydrogen) atoms. The summed E-state index contributed by atoms with van der Waals surface area (Å²) in [5.74, 6) is -8.29. The van der Waals surface area contributed by atoms with Crippen molar-refractivity contribution >= 4 is 53.7 Å². The van der Waals surface area contributed by atoms with E-state index in [2.05, 4.69) is 15.3 Å². The summed E-state index contributed by atoms with van der Waals surface area (Å²) in [7, 11) is 0. The molecule has 22 N–H and O–H groups in total. The van der Waals surface area contributed by atoms with Crippen LogP contribution in [0.3, 0.4) is 0 Å². The number of aliphatic hydroxyl groups excluding tert-OH is 1. The highest BCUT2D eigenvalue weighted by Crippen LogP contribution is 2.08. The predicted octanol–water partition coefficient (Wildman–Crippen LogP) is -3.09. The highest BCUT2D eigenvalue weighted by atomic mass is 16.6. The third kappa shape index (κ3) is 37.8. The topological polar surface area (TPSA) is 522 Å². The molecule has 27 heteroatoms. The Morgan fingerprint density at radius 1 is 0.683 bits per heavy atom. The van der Waals surface area contributed by atoms with Crippen molar-refractivity contribution in [2.45, 2.75) is 134 Å². The Morgan fingerprint density at radius 3 is 1.37 bits per heavy atom. The third-order valence-corrected chi connectivity index (χ3v) is 7.67. The van der Waals surface area contributed by atoms with Gasteiger partial charge in [-0.25, -0.2) is 14.6 Å². The van der Waals surface area contributed by atoms with E-state index >= 15 is 0 Å². The van der Waals surface area contributed by atoms with Crippen LogP contribution in [0.4, 0.5) is 0 Å². The summed E-state index contributed by atoms with van der Waals surface area (Å²) < 4.78 is 4.75. The van der Waals surface area contributed by atoms with Crippen molar-refractivity contribution in [1.29, 1.82) is 0 Å². The number of ether oxygens (including phenoxy) is 1. The molecule has 1 saturated heterocycles. The van der Waals surface area contributed by atoms with Gasteiger partial charge in [-0.05, 0) is 57.4 Å². The molecule has 2 rings (SSSR count). The standard InChI is InChI=1S/C11H16N4O3.C6H13NO2.2C5H9NO4.C5H11NO2.C4H9NO3/c12-8(4-7-5-13-6-15-7)10(16)18-11(17)9-2-1-3-14-9;1-4(2)3-5(7)6(8)9;2*6-3(5(9)10)1-2-4(7)8;1-3(2)4(6)5(7)8;1-2(6)3(5)4(7)8/h5-6,8-9,14H,1-4,12H2,(H,13,15);4-5H,3,7H2,1-2H3,(H,8,9);2*3H,1-2,6H2,(H,7,8)(H,9,10);3-4H,6H2,1-2H3,(H,7,8);2-3,6H,5H2,1H3,(H,7,8)/t8-,9-;5-;2*3-;4-;2-,3+/m000001/s1. The lowest BCUT2D eigenvalue weighted by atomic mass is 10.1. The second kappa shape index (κ2) is 35.9. The number of H-pyrrole nitrogens is 1. The number of carbonyl (C=O) groups excluding carboxylic acids is 2. The average molecular weight is 914 g/mol. The second-order valence-corrected chi connectivity index (χ2v) is 14.3. The summed E-state index contributed by atoms with van der Waals surface area (Å²) in [4.78, 5) is 99.6. The first-order valence-electron chi connectivity index (χ1n) is 19.1. The molecule has 1 aliphatic rings. The number of imidazole rings is 1. The molecule has 364 valence electrons. The summed E-state index contributed by atoms with van der Waals surface area (Å²) in [6.07, 6.45) is 4.08. The molecule has 1 aliphatic heterocycles. The number of aliphatic hydroxyl groups is 1. The third-order valence-electron chi connectivity index (χ3n) is 7.67. The Balaban J connectivity index is -0.000000344. The van der Waals surface area contributed by atoms with Crippen molar-refractivity contribution in [2.75, 3.05) is 6.54 Å². The molecule has 0 unspecified atom stereocenters. The van der Waals surface area contributed by atoms with Crippen molar-refractivity contribution in [3.63, 3.8) is 0 Å². The zero-order valence-electron chi connectivity index (χ0n) is 35.9. The van der Waals surface area contributed by atoms with Gasteiger partial charge in [-0.15, -0.1) is 0 Å². The van der Waals surface area contributed by atoms with E-state index in [0.717, 1.165) is 18.7 Å². The van der Waals surface area contributed by atoms with Crippen LogP contribution in [-0.4, -0.2) is 159 Å². The van der Waals surface area contributed by atoms with Crippen LogP contribution in [0, 0.1) is 11.8 Å². The van der Waals surface area contributed by atoms with Crippen molar-refractivity contribution in [3.8, 4) is 0 Å². The van der Waals surface area contributed by atoms with Crippen LogP contribution in [0.25, 0.3) is 0 Å².